The Morgan fingerprint density at radius 2 is 1.79 bits per heavy atom. The standard InChI is InChI=1S/C16H25N3/c1-13-5-3-6-14(2)16(13)19-11-15(12-19)18-9-4-7-17-8-10-18/h3,5-6,15,17H,4,7-12H2,1-2H3. The van der Waals surface area contributed by atoms with Gasteiger partial charge in [0.25, 0.3) is 0 Å². The van der Waals surface area contributed by atoms with E-state index >= 15 is 0 Å². The van der Waals surface area contributed by atoms with Crippen molar-refractivity contribution in [3.63, 3.8) is 0 Å². The van der Waals surface area contributed by atoms with E-state index < -0.39 is 0 Å². The summed E-state index contributed by atoms with van der Waals surface area (Å²) in [6.45, 7) is 11.7. The average molecular weight is 259 g/mol. The van der Waals surface area contributed by atoms with Crippen molar-refractivity contribution in [3.8, 4) is 0 Å². The van der Waals surface area contributed by atoms with Crippen molar-refractivity contribution in [2.45, 2.75) is 26.3 Å². The second-order valence-electron chi connectivity index (χ2n) is 5.94. The highest BCUT2D eigenvalue weighted by molar-refractivity contribution is 5.60. The van der Waals surface area contributed by atoms with E-state index in [-0.39, 0.29) is 0 Å². The zero-order valence-corrected chi connectivity index (χ0v) is 12.2. The lowest BCUT2D eigenvalue weighted by Gasteiger charge is -2.47. The smallest absolute Gasteiger partial charge is 0.0447 e. The minimum absolute atomic E-state index is 0.763. The number of hydrogen-bond acceptors (Lipinski definition) is 3. The van der Waals surface area contributed by atoms with Gasteiger partial charge in [0.15, 0.2) is 0 Å². The fraction of sp³-hybridized carbons (Fsp3) is 0.625. The Kier molecular flexibility index (Phi) is 3.76. The number of benzene rings is 1. The van der Waals surface area contributed by atoms with Crippen LogP contribution < -0.4 is 10.2 Å². The summed E-state index contributed by atoms with van der Waals surface area (Å²) >= 11 is 0. The zero-order chi connectivity index (χ0) is 13.2. The van der Waals surface area contributed by atoms with Crippen molar-refractivity contribution in [1.29, 1.82) is 0 Å². The molecule has 0 atom stereocenters. The second kappa shape index (κ2) is 5.51. The van der Waals surface area contributed by atoms with Crippen LogP contribution >= 0.6 is 0 Å². The summed E-state index contributed by atoms with van der Waals surface area (Å²) in [5.74, 6) is 0. The molecule has 0 aromatic heterocycles. The molecule has 19 heavy (non-hydrogen) atoms. The van der Waals surface area contributed by atoms with E-state index in [4.69, 9.17) is 0 Å². The van der Waals surface area contributed by atoms with Gasteiger partial charge in [-0.25, -0.2) is 0 Å². The van der Waals surface area contributed by atoms with Gasteiger partial charge in [-0.2, -0.15) is 0 Å². The van der Waals surface area contributed by atoms with Crippen molar-refractivity contribution in [2.24, 2.45) is 0 Å². The monoisotopic (exact) mass is 259 g/mol. The molecule has 0 radical (unpaired) electrons. The lowest BCUT2D eigenvalue weighted by atomic mass is 10.0. The van der Waals surface area contributed by atoms with Crippen molar-refractivity contribution >= 4 is 5.69 Å². The van der Waals surface area contributed by atoms with E-state index in [0.717, 1.165) is 12.6 Å². The molecule has 0 bridgehead atoms. The topological polar surface area (TPSA) is 18.5 Å². The Hall–Kier alpha value is -1.06. The predicted octanol–water partition coefficient (Wildman–Crippen LogP) is 1.79. The van der Waals surface area contributed by atoms with Crippen LogP contribution in [0.5, 0.6) is 0 Å². The van der Waals surface area contributed by atoms with Crippen LogP contribution in [0.2, 0.25) is 0 Å². The van der Waals surface area contributed by atoms with Crippen LogP contribution in [0.1, 0.15) is 17.5 Å². The van der Waals surface area contributed by atoms with Gasteiger partial charge < -0.3 is 10.2 Å². The molecule has 104 valence electrons. The number of rotatable bonds is 2. The molecule has 1 aromatic rings. The third-order valence-corrected chi connectivity index (χ3v) is 4.51. The number of nitrogens with one attached hydrogen (secondary N) is 1. The van der Waals surface area contributed by atoms with Crippen LogP contribution in [-0.2, 0) is 0 Å². The molecule has 1 aromatic carbocycles. The zero-order valence-electron chi connectivity index (χ0n) is 12.2. The van der Waals surface area contributed by atoms with Gasteiger partial charge in [-0.3, -0.25) is 4.90 Å². The van der Waals surface area contributed by atoms with Crippen LogP contribution in [0.15, 0.2) is 18.2 Å². The summed E-state index contributed by atoms with van der Waals surface area (Å²) < 4.78 is 0. The predicted molar refractivity (Wildman–Crippen MR) is 81.0 cm³/mol. The number of anilines is 1. The summed E-state index contributed by atoms with van der Waals surface area (Å²) in [5, 5.41) is 3.49. The summed E-state index contributed by atoms with van der Waals surface area (Å²) in [4.78, 5) is 5.22. The molecule has 3 nitrogen and oxygen atoms in total. The highest BCUT2D eigenvalue weighted by Gasteiger charge is 2.33. The Morgan fingerprint density at radius 1 is 1.05 bits per heavy atom. The molecule has 2 fully saturated rings. The van der Waals surface area contributed by atoms with Crippen LogP contribution in [0.4, 0.5) is 5.69 Å². The first-order valence-corrected chi connectivity index (χ1v) is 7.51. The maximum atomic E-state index is 3.49. The molecule has 2 aliphatic heterocycles. The maximum Gasteiger partial charge on any atom is 0.0447 e. The molecule has 2 heterocycles. The normalized spacial score (nSPS) is 22.1. The van der Waals surface area contributed by atoms with Crippen LogP contribution in [0, 0.1) is 13.8 Å². The summed E-state index contributed by atoms with van der Waals surface area (Å²) in [7, 11) is 0. The quantitative estimate of drug-likeness (QED) is 0.873. The molecule has 1 N–H and O–H groups in total. The minimum Gasteiger partial charge on any atom is -0.368 e. The lowest BCUT2D eigenvalue weighted by molar-refractivity contribution is 0.177. The molecular formula is C16H25N3. The highest BCUT2D eigenvalue weighted by atomic mass is 15.3. The van der Waals surface area contributed by atoms with Gasteiger partial charge in [0.1, 0.15) is 0 Å². The molecule has 0 saturated carbocycles. The fourth-order valence-corrected chi connectivity index (χ4v) is 3.41. The molecule has 2 saturated heterocycles. The van der Waals surface area contributed by atoms with Crippen molar-refractivity contribution in [2.75, 3.05) is 44.2 Å². The minimum atomic E-state index is 0.763. The summed E-state index contributed by atoms with van der Waals surface area (Å²) in [6, 6.07) is 7.38. The first-order chi connectivity index (χ1) is 9.25. The van der Waals surface area contributed by atoms with Crippen molar-refractivity contribution in [3.05, 3.63) is 29.3 Å². The Morgan fingerprint density at radius 3 is 2.53 bits per heavy atom. The molecule has 0 aliphatic carbocycles. The van der Waals surface area contributed by atoms with Gasteiger partial charge in [-0.05, 0) is 44.5 Å². The Labute approximate surface area is 116 Å². The SMILES string of the molecule is Cc1cccc(C)c1N1CC(N2CCCNCC2)C1. The Balaban J connectivity index is 1.63. The number of aryl methyl sites for hydroxylation is 2. The third kappa shape index (κ3) is 2.63. The molecule has 0 amide bonds. The van der Waals surface area contributed by atoms with Gasteiger partial charge in [0, 0.05) is 37.9 Å². The lowest BCUT2D eigenvalue weighted by Crippen LogP contribution is -2.60. The van der Waals surface area contributed by atoms with E-state index in [1.165, 1.54) is 56.0 Å². The van der Waals surface area contributed by atoms with E-state index in [0.29, 0.717) is 0 Å². The molecule has 2 aliphatic rings. The first kappa shape index (κ1) is 12.9. The largest absolute Gasteiger partial charge is 0.368 e. The summed E-state index contributed by atoms with van der Waals surface area (Å²) in [5.41, 5.74) is 4.29. The van der Waals surface area contributed by atoms with E-state index in [2.05, 4.69) is 47.2 Å². The molecular weight excluding hydrogens is 234 g/mol. The fourth-order valence-electron chi connectivity index (χ4n) is 3.41. The molecule has 0 unspecified atom stereocenters. The van der Waals surface area contributed by atoms with Gasteiger partial charge in [0.2, 0.25) is 0 Å². The molecule has 3 heteroatoms. The maximum absolute atomic E-state index is 3.49. The number of hydrogen-bond donors (Lipinski definition) is 1. The van der Waals surface area contributed by atoms with E-state index in [1.807, 2.05) is 0 Å². The molecule has 3 rings (SSSR count). The van der Waals surface area contributed by atoms with E-state index in [9.17, 15) is 0 Å². The van der Waals surface area contributed by atoms with Gasteiger partial charge >= 0.3 is 0 Å². The van der Waals surface area contributed by atoms with Crippen LogP contribution in [0.25, 0.3) is 0 Å². The van der Waals surface area contributed by atoms with Crippen molar-refractivity contribution < 1.29 is 0 Å². The average Bonchev–Trinajstić information content (AvgIpc) is 2.60. The Bertz CT molecular complexity index is 409. The third-order valence-electron chi connectivity index (χ3n) is 4.51. The first-order valence-electron chi connectivity index (χ1n) is 7.51. The van der Waals surface area contributed by atoms with Gasteiger partial charge in [-0.15, -0.1) is 0 Å². The number of nitrogens with zero attached hydrogens (tertiary/aromatic N) is 2. The summed E-state index contributed by atoms with van der Waals surface area (Å²) in [6.07, 6.45) is 1.29. The van der Waals surface area contributed by atoms with Gasteiger partial charge in [-0.1, -0.05) is 18.2 Å². The van der Waals surface area contributed by atoms with Crippen LogP contribution in [-0.4, -0.2) is 50.2 Å². The highest BCUT2D eigenvalue weighted by Crippen LogP contribution is 2.30. The van der Waals surface area contributed by atoms with E-state index in [1.54, 1.807) is 0 Å². The van der Waals surface area contributed by atoms with Gasteiger partial charge in [0.05, 0.1) is 0 Å². The molecule has 0 spiro atoms. The van der Waals surface area contributed by atoms with Crippen LogP contribution in [0.3, 0.4) is 0 Å². The van der Waals surface area contributed by atoms with Crippen molar-refractivity contribution in [1.82, 2.24) is 10.2 Å². The number of para-hydroxylation sites is 1. The second-order valence-corrected chi connectivity index (χ2v) is 5.94.